The van der Waals surface area contributed by atoms with Crippen molar-refractivity contribution in [3.8, 4) is 0 Å². The fraction of sp³-hybridized carbons (Fsp3) is 0.300. The van der Waals surface area contributed by atoms with Crippen molar-refractivity contribution in [2.45, 2.75) is 12.8 Å². The first-order valence-corrected chi connectivity index (χ1v) is 5.84. The van der Waals surface area contributed by atoms with Gasteiger partial charge in [0.05, 0.1) is 24.4 Å². The van der Waals surface area contributed by atoms with E-state index in [0.29, 0.717) is 23.1 Å². The number of alkyl halides is 1. The van der Waals surface area contributed by atoms with Gasteiger partial charge in [-0.2, -0.15) is 5.10 Å². The number of hydrogen-bond acceptors (Lipinski definition) is 4. The zero-order valence-corrected chi connectivity index (χ0v) is 10.5. The Morgan fingerprint density at radius 2 is 2.35 bits per heavy atom. The van der Waals surface area contributed by atoms with Gasteiger partial charge in [-0.05, 0) is 13.0 Å². The summed E-state index contributed by atoms with van der Waals surface area (Å²) >= 11 is 11.7. The summed E-state index contributed by atoms with van der Waals surface area (Å²) in [4.78, 5) is 15.8. The molecule has 0 aliphatic heterocycles. The Morgan fingerprint density at radius 1 is 1.59 bits per heavy atom. The molecule has 2 heterocycles. The van der Waals surface area contributed by atoms with Gasteiger partial charge in [-0.1, -0.05) is 11.6 Å². The normalized spacial score (nSPS) is 10.8. The van der Waals surface area contributed by atoms with E-state index < -0.39 is 5.97 Å². The second-order valence-electron chi connectivity index (χ2n) is 3.22. The van der Waals surface area contributed by atoms with Crippen LogP contribution in [0.3, 0.4) is 0 Å². The molecular formula is C10H9Cl2N3O2. The molecular weight excluding hydrogens is 265 g/mol. The summed E-state index contributed by atoms with van der Waals surface area (Å²) in [5.74, 6) is -0.262. The highest BCUT2D eigenvalue weighted by atomic mass is 35.5. The van der Waals surface area contributed by atoms with Crippen molar-refractivity contribution in [3.63, 3.8) is 0 Å². The van der Waals surface area contributed by atoms with Crippen molar-refractivity contribution in [2.75, 3.05) is 6.61 Å². The zero-order chi connectivity index (χ0) is 12.4. The van der Waals surface area contributed by atoms with E-state index in [9.17, 15) is 4.79 Å². The number of aromatic nitrogens is 3. The summed E-state index contributed by atoms with van der Waals surface area (Å²) in [6.07, 6.45) is 1.38. The average molecular weight is 274 g/mol. The first-order chi connectivity index (χ1) is 8.17. The Morgan fingerprint density at radius 3 is 3.00 bits per heavy atom. The molecule has 17 heavy (non-hydrogen) atoms. The number of rotatable bonds is 3. The van der Waals surface area contributed by atoms with Crippen LogP contribution >= 0.6 is 23.2 Å². The highest BCUT2D eigenvalue weighted by molar-refractivity contribution is 6.30. The molecule has 0 fully saturated rings. The van der Waals surface area contributed by atoms with Crippen molar-refractivity contribution in [2.24, 2.45) is 0 Å². The number of carbonyl (C=O) groups is 1. The van der Waals surface area contributed by atoms with Crippen molar-refractivity contribution in [1.29, 1.82) is 0 Å². The van der Waals surface area contributed by atoms with E-state index in [0.717, 1.165) is 0 Å². The maximum atomic E-state index is 11.6. The fourth-order valence-electron chi connectivity index (χ4n) is 1.39. The molecule has 0 spiro atoms. The largest absolute Gasteiger partial charge is 0.462 e. The lowest BCUT2D eigenvalue weighted by Gasteiger charge is -2.02. The molecule has 7 heteroatoms. The molecule has 2 rings (SSSR count). The molecule has 0 amide bonds. The third kappa shape index (κ3) is 2.21. The van der Waals surface area contributed by atoms with Gasteiger partial charge in [0, 0.05) is 0 Å². The zero-order valence-electron chi connectivity index (χ0n) is 8.98. The van der Waals surface area contributed by atoms with E-state index in [1.807, 2.05) is 0 Å². The molecule has 0 radical (unpaired) electrons. The van der Waals surface area contributed by atoms with E-state index in [2.05, 4.69) is 10.1 Å². The summed E-state index contributed by atoms with van der Waals surface area (Å²) in [5, 5.41) is 4.32. The second kappa shape index (κ2) is 4.89. The van der Waals surface area contributed by atoms with E-state index >= 15 is 0 Å². The maximum Gasteiger partial charge on any atom is 0.343 e. The van der Waals surface area contributed by atoms with Gasteiger partial charge in [0.2, 0.25) is 0 Å². The van der Waals surface area contributed by atoms with E-state index in [4.69, 9.17) is 27.9 Å². The molecule has 5 nitrogen and oxygen atoms in total. The second-order valence-corrected chi connectivity index (χ2v) is 3.87. The van der Waals surface area contributed by atoms with Gasteiger partial charge in [0.1, 0.15) is 10.7 Å². The van der Waals surface area contributed by atoms with Gasteiger partial charge in [0.25, 0.3) is 0 Å². The van der Waals surface area contributed by atoms with Crippen molar-refractivity contribution >= 4 is 34.8 Å². The monoisotopic (exact) mass is 273 g/mol. The van der Waals surface area contributed by atoms with E-state index in [1.54, 1.807) is 13.0 Å². The molecule has 0 N–H and O–H groups in total. The topological polar surface area (TPSA) is 56.5 Å². The summed E-state index contributed by atoms with van der Waals surface area (Å²) in [6.45, 7) is 2.02. The molecule has 0 bridgehead atoms. The summed E-state index contributed by atoms with van der Waals surface area (Å²) in [5.41, 5.74) is 1.21. The number of ether oxygens (including phenoxy) is 1. The number of nitrogens with zero attached hydrogens (tertiary/aromatic N) is 3. The number of carbonyl (C=O) groups excluding carboxylic acids is 1. The standard InChI is InChI=1S/C10H9Cl2N3O2/c1-2-17-10(16)7-5-13-15-8(12)3-6(4-11)14-9(7)15/h3,5H,2,4H2,1H3. The van der Waals surface area contributed by atoms with Gasteiger partial charge in [-0.3, -0.25) is 0 Å². The smallest absolute Gasteiger partial charge is 0.343 e. The SMILES string of the molecule is CCOC(=O)c1cnn2c(Cl)cc(CCl)nc12. The Labute approximate surface area is 107 Å². The Bertz CT molecular complexity index is 568. The van der Waals surface area contributed by atoms with Gasteiger partial charge < -0.3 is 4.74 Å². The van der Waals surface area contributed by atoms with Gasteiger partial charge in [-0.25, -0.2) is 14.3 Å². The predicted molar refractivity (Wildman–Crippen MR) is 63.5 cm³/mol. The maximum absolute atomic E-state index is 11.6. The number of esters is 1. The fourth-order valence-corrected chi connectivity index (χ4v) is 1.78. The first-order valence-electron chi connectivity index (χ1n) is 4.93. The van der Waals surface area contributed by atoms with Crippen LogP contribution in [0.5, 0.6) is 0 Å². The molecule has 0 atom stereocenters. The number of hydrogen-bond donors (Lipinski definition) is 0. The summed E-state index contributed by atoms with van der Waals surface area (Å²) in [6, 6.07) is 1.60. The molecule has 2 aromatic heterocycles. The van der Waals surface area contributed by atoms with Crippen LogP contribution in [0.2, 0.25) is 5.15 Å². The van der Waals surface area contributed by atoms with Crippen LogP contribution in [0.25, 0.3) is 5.65 Å². The quantitative estimate of drug-likeness (QED) is 0.489. The lowest BCUT2D eigenvalue weighted by molar-refractivity contribution is 0.0528. The molecule has 0 saturated carbocycles. The molecule has 2 aromatic rings. The number of halogens is 2. The van der Waals surface area contributed by atoms with Crippen LogP contribution in [-0.4, -0.2) is 27.2 Å². The highest BCUT2D eigenvalue weighted by Gasteiger charge is 2.17. The third-order valence-electron chi connectivity index (χ3n) is 2.11. The summed E-state index contributed by atoms with van der Waals surface area (Å²) < 4.78 is 6.26. The van der Waals surface area contributed by atoms with Crippen LogP contribution in [0.15, 0.2) is 12.3 Å². The highest BCUT2D eigenvalue weighted by Crippen LogP contribution is 2.17. The minimum absolute atomic E-state index is 0.212. The first kappa shape index (κ1) is 12.1. The molecule has 90 valence electrons. The minimum atomic E-state index is -0.474. The van der Waals surface area contributed by atoms with E-state index in [-0.39, 0.29) is 11.4 Å². The molecule has 0 aliphatic carbocycles. The van der Waals surface area contributed by atoms with Crippen molar-refractivity contribution in [1.82, 2.24) is 14.6 Å². The van der Waals surface area contributed by atoms with Crippen molar-refractivity contribution < 1.29 is 9.53 Å². The lowest BCUT2D eigenvalue weighted by atomic mass is 10.3. The van der Waals surface area contributed by atoms with Crippen LogP contribution in [0.1, 0.15) is 23.0 Å². The third-order valence-corrected chi connectivity index (χ3v) is 2.66. The minimum Gasteiger partial charge on any atom is -0.462 e. The van der Waals surface area contributed by atoms with Crippen LogP contribution < -0.4 is 0 Å². The van der Waals surface area contributed by atoms with Gasteiger partial charge in [-0.15, -0.1) is 11.6 Å². The lowest BCUT2D eigenvalue weighted by Crippen LogP contribution is -2.05. The predicted octanol–water partition coefficient (Wildman–Crippen LogP) is 2.30. The average Bonchev–Trinajstić information content (AvgIpc) is 2.73. The van der Waals surface area contributed by atoms with Crippen LogP contribution in [-0.2, 0) is 10.6 Å². The van der Waals surface area contributed by atoms with E-state index in [1.165, 1.54) is 10.7 Å². The Kier molecular flexibility index (Phi) is 3.49. The summed E-state index contributed by atoms with van der Waals surface area (Å²) in [7, 11) is 0. The van der Waals surface area contributed by atoms with Crippen LogP contribution in [0.4, 0.5) is 0 Å². The molecule has 0 unspecified atom stereocenters. The molecule has 0 aliphatic rings. The van der Waals surface area contributed by atoms with Gasteiger partial charge >= 0.3 is 5.97 Å². The molecule has 0 saturated heterocycles. The van der Waals surface area contributed by atoms with Crippen LogP contribution in [0, 0.1) is 0 Å². The Hall–Kier alpha value is -1.33. The van der Waals surface area contributed by atoms with Crippen molar-refractivity contribution in [3.05, 3.63) is 28.7 Å². The number of fused-ring (bicyclic) bond motifs is 1. The molecule has 0 aromatic carbocycles. The van der Waals surface area contributed by atoms with Gasteiger partial charge in [0.15, 0.2) is 5.65 Å². The Balaban J connectivity index is 2.58.